The van der Waals surface area contributed by atoms with E-state index >= 15 is 0 Å². The van der Waals surface area contributed by atoms with E-state index in [4.69, 9.17) is 4.74 Å². The Labute approximate surface area is 116 Å². The van der Waals surface area contributed by atoms with Crippen molar-refractivity contribution >= 4 is 5.91 Å². The largest absolute Gasteiger partial charge is 0.378 e. The van der Waals surface area contributed by atoms with Gasteiger partial charge in [-0.3, -0.25) is 4.79 Å². The molecule has 0 aromatic carbocycles. The Kier molecular flexibility index (Phi) is 4.85. The monoisotopic (exact) mass is 268 g/mol. The van der Waals surface area contributed by atoms with E-state index in [0.717, 1.165) is 19.6 Å². The van der Waals surface area contributed by atoms with Gasteiger partial charge in [-0.1, -0.05) is 20.8 Å². The SMILES string of the molecule is CC1CC(C)(C)CC1NCCC(=O)N1CCOCC1. The summed E-state index contributed by atoms with van der Waals surface area (Å²) in [6.07, 6.45) is 3.12. The first kappa shape index (κ1) is 14.8. The molecule has 1 heterocycles. The number of rotatable bonds is 4. The quantitative estimate of drug-likeness (QED) is 0.843. The number of morpholine rings is 1. The van der Waals surface area contributed by atoms with Crippen molar-refractivity contribution in [2.75, 3.05) is 32.8 Å². The van der Waals surface area contributed by atoms with E-state index in [2.05, 4.69) is 26.1 Å². The van der Waals surface area contributed by atoms with Crippen molar-refractivity contribution in [3.8, 4) is 0 Å². The van der Waals surface area contributed by atoms with Gasteiger partial charge in [0.15, 0.2) is 0 Å². The van der Waals surface area contributed by atoms with Gasteiger partial charge in [-0.2, -0.15) is 0 Å². The molecule has 2 unspecified atom stereocenters. The summed E-state index contributed by atoms with van der Waals surface area (Å²) in [6.45, 7) is 10.7. The standard InChI is InChI=1S/C15H28N2O2/c1-12-10-15(2,3)11-13(12)16-5-4-14(18)17-6-8-19-9-7-17/h12-13,16H,4-11H2,1-3H3. The van der Waals surface area contributed by atoms with Gasteiger partial charge >= 0.3 is 0 Å². The van der Waals surface area contributed by atoms with Crippen LogP contribution in [0.3, 0.4) is 0 Å². The zero-order valence-corrected chi connectivity index (χ0v) is 12.6. The lowest BCUT2D eigenvalue weighted by atomic mass is 9.91. The highest BCUT2D eigenvalue weighted by molar-refractivity contribution is 5.76. The predicted molar refractivity (Wildman–Crippen MR) is 76.0 cm³/mol. The van der Waals surface area contributed by atoms with Gasteiger partial charge in [-0.15, -0.1) is 0 Å². The number of ether oxygens (including phenoxy) is 1. The molecule has 0 aromatic rings. The van der Waals surface area contributed by atoms with Gasteiger partial charge in [-0.05, 0) is 24.2 Å². The average molecular weight is 268 g/mol. The molecule has 1 aliphatic heterocycles. The first-order chi connectivity index (χ1) is 8.98. The molecule has 4 nitrogen and oxygen atoms in total. The molecule has 4 heteroatoms. The molecule has 0 aromatic heterocycles. The Morgan fingerprint density at radius 3 is 2.58 bits per heavy atom. The Balaban J connectivity index is 1.67. The van der Waals surface area contributed by atoms with Gasteiger partial charge in [0.25, 0.3) is 0 Å². The fourth-order valence-electron chi connectivity index (χ4n) is 3.50. The highest BCUT2D eigenvalue weighted by atomic mass is 16.5. The molecule has 1 saturated heterocycles. The van der Waals surface area contributed by atoms with Crippen molar-refractivity contribution in [2.24, 2.45) is 11.3 Å². The maximum atomic E-state index is 12.0. The third-order valence-corrected chi connectivity index (χ3v) is 4.44. The van der Waals surface area contributed by atoms with Gasteiger partial charge in [0, 0.05) is 32.1 Å². The first-order valence-corrected chi connectivity index (χ1v) is 7.57. The molecule has 2 atom stereocenters. The zero-order valence-electron chi connectivity index (χ0n) is 12.6. The van der Waals surface area contributed by atoms with E-state index in [9.17, 15) is 4.79 Å². The number of carbonyl (C=O) groups is 1. The first-order valence-electron chi connectivity index (χ1n) is 7.57. The number of nitrogens with one attached hydrogen (secondary N) is 1. The van der Waals surface area contributed by atoms with Crippen LogP contribution >= 0.6 is 0 Å². The molecule has 0 spiro atoms. The maximum Gasteiger partial charge on any atom is 0.224 e. The highest BCUT2D eigenvalue weighted by Gasteiger charge is 2.36. The van der Waals surface area contributed by atoms with Crippen LogP contribution in [0.25, 0.3) is 0 Å². The number of carbonyl (C=O) groups excluding carboxylic acids is 1. The molecule has 1 aliphatic carbocycles. The number of hydrogen-bond donors (Lipinski definition) is 1. The van der Waals surface area contributed by atoms with Crippen molar-refractivity contribution in [2.45, 2.75) is 46.1 Å². The Hall–Kier alpha value is -0.610. The van der Waals surface area contributed by atoms with Gasteiger partial charge in [-0.25, -0.2) is 0 Å². The van der Waals surface area contributed by atoms with Crippen LogP contribution in [0.1, 0.15) is 40.0 Å². The lowest BCUT2D eigenvalue weighted by molar-refractivity contribution is -0.135. The van der Waals surface area contributed by atoms with E-state index in [-0.39, 0.29) is 5.91 Å². The van der Waals surface area contributed by atoms with Crippen LogP contribution in [-0.2, 0) is 9.53 Å². The fraction of sp³-hybridized carbons (Fsp3) is 0.933. The number of nitrogens with zero attached hydrogens (tertiary/aromatic N) is 1. The Morgan fingerprint density at radius 2 is 2.00 bits per heavy atom. The minimum atomic E-state index is 0.265. The van der Waals surface area contributed by atoms with Crippen molar-refractivity contribution in [1.82, 2.24) is 10.2 Å². The van der Waals surface area contributed by atoms with Gasteiger partial charge < -0.3 is 15.0 Å². The van der Waals surface area contributed by atoms with Crippen molar-refractivity contribution in [3.05, 3.63) is 0 Å². The summed E-state index contributed by atoms with van der Waals surface area (Å²) in [5, 5.41) is 3.58. The molecule has 0 bridgehead atoms. The van der Waals surface area contributed by atoms with Crippen LogP contribution in [-0.4, -0.2) is 49.7 Å². The average Bonchev–Trinajstić information content (AvgIpc) is 2.63. The molecule has 0 radical (unpaired) electrons. The summed E-state index contributed by atoms with van der Waals surface area (Å²) in [5.74, 6) is 0.981. The maximum absolute atomic E-state index is 12.0. The molecule has 1 saturated carbocycles. The van der Waals surface area contributed by atoms with Crippen LogP contribution in [0, 0.1) is 11.3 Å². The predicted octanol–water partition coefficient (Wildman–Crippen LogP) is 1.65. The van der Waals surface area contributed by atoms with Gasteiger partial charge in [0.05, 0.1) is 13.2 Å². The minimum Gasteiger partial charge on any atom is -0.378 e. The summed E-state index contributed by atoms with van der Waals surface area (Å²) >= 11 is 0. The van der Waals surface area contributed by atoms with Crippen molar-refractivity contribution < 1.29 is 9.53 Å². The highest BCUT2D eigenvalue weighted by Crippen LogP contribution is 2.40. The summed E-state index contributed by atoms with van der Waals surface area (Å²) in [5.41, 5.74) is 0.450. The molecule has 1 amide bonds. The van der Waals surface area contributed by atoms with Crippen molar-refractivity contribution in [3.63, 3.8) is 0 Å². The number of hydrogen-bond acceptors (Lipinski definition) is 3. The molecule has 2 aliphatic rings. The zero-order chi connectivity index (χ0) is 13.9. The van der Waals surface area contributed by atoms with E-state index < -0.39 is 0 Å². The van der Waals surface area contributed by atoms with E-state index in [1.54, 1.807) is 0 Å². The lowest BCUT2D eigenvalue weighted by Gasteiger charge is -2.27. The summed E-state index contributed by atoms with van der Waals surface area (Å²) in [7, 11) is 0. The second-order valence-corrected chi connectivity index (χ2v) is 6.85. The second-order valence-electron chi connectivity index (χ2n) is 6.85. The van der Waals surface area contributed by atoms with Crippen LogP contribution in [0.15, 0.2) is 0 Å². The van der Waals surface area contributed by atoms with Crippen molar-refractivity contribution in [1.29, 1.82) is 0 Å². The van der Waals surface area contributed by atoms with Crippen LogP contribution in [0.5, 0.6) is 0 Å². The molecule has 110 valence electrons. The van der Waals surface area contributed by atoms with Gasteiger partial charge in [0.1, 0.15) is 0 Å². The third-order valence-electron chi connectivity index (χ3n) is 4.44. The van der Waals surface area contributed by atoms with E-state index in [1.165, 1.54) is 12.8 Å². The summed E-state index contributed by atoms with van der Waals surface area (Å²) in [4.78, 5) is 13.9. The summed E-state index contributed by atoms with van der Waals surface area (Å²) < 4.78 is 5.26. The molecule has 1 N–H and O–H groups in total. The molecule has 2 rings (SSSR count). The molecular weight excluding hydrogens is 240 g/mol. The van der Waals surface area contributed by atoms with Crippen LogP contribution in [0.4, 0.5) is 0 Å². The smallest absolute Gasteiger partial charge is 0.224 e. The fourth-order valence-corrected chi connectivity index (χ4v) is 3.50. The Morgan fingerprint density at radius 1 is 1.32 bits per heavy atom. The Bertz CT molecular complexity index is 311. The van der Waals surface area contributed by atoms with Crippen LogP contribution < -0.4 is 5.32 Å². The van der Waals surface area contributed by atoms with E-state index in [1.807, 2.05) is 4.90 Å². The summed E-state index contributed by atoms with van der Waals surface area (Å²) in [6, 6.07) is 0.576. The normalized spacial score (nSPS) is 30.6. The van der Waals surface area contributed by atoms with E-state index in [0.29, 0.717) is 37.0 Å². The molecule has 2 fully saturated rings. The second kappa shape index (κ2) is 6.23. The topological polar surface area (TPSA) is 41.6 Å². The lowest BCUT2D eigenvalue weighted by Crippen LogP contribution is -2.42. The molecule has 19 heavy (non-hydrogen) atoms. The third kappa shape index (κ3) is 4.18. The number of amides is 1. The van der Waals surface area contributed by atoms with Gasteiger partial charge in [0.2, 0.25) is 5.91 Å². The molecular formula is C15H28N2O2. The van der Waals surface area contributed by atoms with Crippen LogP contribution in [0.2, 0.25) is 0 Å². The minimum absolute atomic E-state index is 0.265.